The molecule has 2 aromatic heterocycles. The maximum Gasteiger partial charge on any atom is 0.133 e. The van der Waals surface area contributed by atoms with Crippen molar-refractivity contribution in [1.82, 2.24) is 25.5 Å². The van der Waals surface area contributed by atoms with E-state index in [0.717, 1.165) is 54.3 Å². The minimum atomic E-state index is 0.678. The van der Waals surface area contributed by atoms with Gasteiger partial charge in [0.05, 0.1) is 17.6 Å². The first-order valence-electron chi connectivity index (χ1n) is 8.27. The van der Waals surface area contributed by atoms with Crippen LogP contribution in [0.5, 0.6) is 0 Å². The van der Waals surface area contributed by atoms with Crippen molar-refractivity contribution in [1.29, 1.82) is 0 Å². The summed E-state index contributed by atoms with van der Waals surface area (Å²) >= 11 is 0. The van der Waals surface area contributed by atoms with Crippen LogP contribution >= 0.6 is 0 Å². The molecule has 3 heterocycles. The largest absolute Gasteiger partial charge is 0.366 e. The summed E-state index contributed by atoms with van der Waals surface area (Å²) < 4.78 is 0. The third kappa shape index (κ3) is 3.00. The van der Waals surface area contributed by atoms with Crippen molar-refractivity contribution in [3.63, 3.8) is 0 Å². The Bertz CT molecular complexity index is 811. The van der Waals surface area contributed by atoms with Crippen molar-refractivity contribution in [2.24, 2.45) is 0 Å². The molecule has 0 fully saturated rings. The highest BCUT2D eigenvalue weighted by Gasteiger charge is 2.14. The average molecular weight is 320 g/mol. The molecule has 3 N–H and O–H groups in total. The first kappa shape index (κ1) is 14.8. The molecule has 0 amide bonds. The molecular weight excluding hydrogens is 300 g/mol. The van der Waals surface area contributed by atoms with Gasteiger partial charge in [0.1, 0.15) is 12.1 Å². The van der Waals surface area contributed by atoms with Gasteiger partial charge in [-0.25, -0.2) is 9.97 Å². The zero-order valence-corrected chi connectivity index (χ0v) is 13.4. The summed E-state index contributed by atoms with van der Waals surface area (Å²) in [5.41, 5.74) is 5.68. The molecule has 0 unspecified atom stereocenters. The Labute approximate surface area is 140 Å². The molecule has 0 saturated carbocycles. The van der Waals surface area contributed by atoms with Crippen molar-refractivity contribution in [3.05, 3.63) is 59.7 Å². The number of anilines is 1. The molecule has 24 heavy (non-hydrogen) atoms. The van der Waals surface area contributed by atoms with E-state index in [4.69, 9.17) is 0 Å². The Balaban J connectivity index is 1.56. The molecule has 1 aromatic carbocycles. The predicted molar refractivity (Wildman–Crippen MR) is 93.7 cm³/mol. The lowest BCUT2D eigenvalue weighted by Gasteiger charge is -2.12. The van der Waals surface area contributed by atoms with Gasteiger partial charge in [-0.1, -0.05) is 30.3 Å². The SMILES string of the molecule is c1ccc(-c2[nH]ncc2CNc2ncnc3c2CCNCC3)cc1. The lowest BCUT2D eigenvalue weighted by atomic mass is 10.1. The van der Waals surface area contributed by atoms with E-state index in [1.807, 2.05) is 24.4 Å². The predicted octanol–water partition coefficient (Wildman–Crippen LogP) is 2.17. The number of H-pyrrole nitrogens is 1. The van der Waals surface area contributed by atoms with E-state index >= 15 is 0 Å². The van der Waals surface area contributed by atoms with Gasteiger partial charge in [0.15, 0.2) is 0 Å². The summed E-state index contributed by atoms with van der Waals surface area (Å²) in [4.78, 5) is 8.90. The second kappa shape index (κ2) is 6.80. The summed E-state index contributed by atoms with van der Waals surface area (Å²) in [5.74, 6) is 0.934. The van der Waals surface area contributed by atoms with E-state index < -0.39 is 0 Å². The van der Waals surface area contributed by atoms with Crippen molar-refractivity contribution < 1.29 is 0 Å². The van der Waals surface area contributed by atoms with E-state index in [1.165, 1.54) is 5.56 Å². The summed E-state index contributed by atoms with van der Waals surface area (Å²) in [6, 6.07) is 10.2. The van der Waals surface area contributed by atoms with Crippen LogP contribution in [0.4, 0.5) is 5.82 Å². The lowest BCUT2D eigenvalue weighted by molar-refractivity contribution is 0.708. The third-order valence-corrected chi connectivity index (χ3v) is 4.35. The second-order valence-corrected chi connectivity index (χ2v) is 5.89. The lowest BCUT2D eigenvalue weighted by Crippen LogP contribution is -2.16. The van der Waals surface area contributed by atoms with Gasteiger partial charge in [-0.2, -0.15) is 5.10 Å². The Morgan fingerprint density at radius 3 is 2.83 bits per heavy atom. The molecule has 1 aliphatic heterocycles. The Hall–Kier alpha value is -2.73. The fourth-order valence-corrected chi connectivity index (χ4v) is 3.10. The number of nitrogens with one attached hydrogen (secondary N) is 3. The van der Waals surface area contributed by atoms with Crippen LogP contribution in [-0.4, -0.2) is 33.3 Å². The van der Waals surface area contributed by atoms with Crippen molar-refractivity contribution >= 4 is 5.82 Å². The van der Waals surface area contributed by atoms with Crippen molar-refractivity contribution in [2.45, 2.75) is 19.4 Å². The molecule has 0 atom stereocenters. The number of fused-ring (bicyclic) bond motifs is 1. The number of hydrogen-bond acceptors (Lipinski definition) is 5. The van der Waals surface area contributed by atoms with Gasteiger partial charge < -0.3 is 10.6 Å². The van der Waals surface area contributed by atoms with E-state index in [0.29, 0.717) is 6.54 Å². The highest BCUT2D eigenvalue weighted by atomic mass is 15.1. The molecule has 0 spiro atoms. The smallest absolute Gasteiger partial charge is 0.133 e. The molecule has 0 bridgehead atoms. The van der Waals surface area contributed by atoms with Gasteiger partial charge in [0, 0.05) is 30.6 Å². The first-order chi connectivity index (χ1) is 11.9. The topological polar surface area (TPSA) is 78.5 Å². The number of aromatic nitrogens is 4. The number of hydrogen-bond donors (Lipinski definition) is 3. The van der Waals surface area contributed by atoms with E-state index in [1.54, 1.807) is 6.33 Å². The molecular formula is C18H20N6. The summed E-state index contributed by atoms with van der Waals surface area (Å²) in [7, 11) is 0. The van der Waals surface area contributed by atoms with Crippen LogP contribution < -0.4 is 10.6 Å². The maximum atomic E-state index is 4.45. The summed E-state index contributed by atoms with van der Waals surface area (Å²) in [6.07, 6.45) is 5.43. The quantitative estimate of drug-likeness (QED) is 0.686. The summed E-state index contributed by atoms with van der Waals surface area (Å²) in [5, 5.41) is 14.2. The van der Waals surface area contributed by atoms with Crippen LogP contribution in [-0.2, 0) is 19.4 Å². The number of aromatic amines is 1. The van der Waals surface area contributed by atoms with E-state index in [-0.39, 0.29) is 0 Å². The molecule has 3 aromatic rings. The molecule has 6 heteroatoms. The average Bonchev–Trinajstić information content (AvgIpc) is 2.97. The van der Waals surface area contributed by atoms with Crippen LogP contribution in [0, 0.1) is 0 Å². The van der Waals surface area contributed by atoms with Gasteiger partial charge >= 0.3 is 0 Å². The van der Waals surface area contributed by atoms with Crippen LogP contribution in [0.1, 0.15) is 16.8 Å². The van der Waals surface area contributed by atoms with Crippen molar-refractivity contribution in [3.8, 4) is 11.3 Å². The number of nitrogens with zero attached hydrogens (tertiary/aromatic N) is 3. The number of rotatable bonds is 4. The van der Waals surface area contributed by atoms with Gasteiger partial charge in [-0.05, 0) is 18.5 Å². The van der Waals surface area contributed by atoms with E-state index in [2.05, 4.69) is 42.9 Å². The molecule has 122 valence electrons. The molecule has 0 aliphatic carbocycles. The van der Waals surface area contributed by atoms with Crippen LogP contribution in [0.2, 0.25) is 0 Å². The molecule has 4 rings (SSSR count). The molecule has 0 saturated heterocycles. The fourth-order valence-electron chi connectivity index (χ4n) is 3.10. The van der Waals surface area contributed by atoms with Crippen LogP contribution in [0.25, 0.3) is 11.3 Å². The zero-order valence-electron chi connectivity index (χ0n) is 13.4. The highest BCUT2D eigenvalue weighted by Crippen LogP contribution is 2.23. The monoisotopic (exact) mass is 320 g/mol. The molecule has 6 nitrogen and oxygen atoms in total. The molecule has 1 aliphatic rings. The Kier molecular flexibility index (Phi) is 4.20. The fraction of sp³-hybridized carbons (Fsp3) is 0.278. The zero-order chi connectivity index (χ0) is 16.2. The third-order valence-electron chi connectivity index (χ3n) is 4.35. The van der Waals surface area contributed by atoms with Gasteiger partial charge in [0.2, 0.25) is 0 Å². The minimum Gasteiger partial charge on any atom is -0.366 e. The summed E-state index contributed by atoms with van der Waals surface area (Å²) in [6.45, 7) is 2.62. The standard InChI is InChI=1S/C18H20N6/c1-2-4-13(5-3-1)17-14(11-23-24-17)10-20-18-15-6-8-19-9-7-16(15)21-12-22-18/h1-5,11-12,19H,6-10H2,(H,23,24)(H,20,21,22). The van der Waals surface area contributed by atoms with Crippen LogP contribution in [0.3, 0.4) is 0 Å². The Morgan fingerprint density at radius 1 is 1.04 bits per heavy atom. The van der Waals surface area contributed by atoms with Crippen molar-refractivity contribution in [2.75, 3.05) is 18.4 Å². The maximum absolute atomic E-state index is 4.45. The highest BCUT2D eigenvalue weighted by molar-refractivity contribution is 5.63. The van der Waals surface area contributed by atoms with Crippen LogP contribution in [0.15, 0.2) is 42.9 Å². The molecule has 0 radical (unpaired) electrons. The van der Waals surface area contributed by atoms with Gasteiger partial charge in [-0.3, -0.25) is 5.10 Å². The number of benzene rings is 1. The van der Waals surface area contributed by atoms with Gasteiger partial charge in [0.25, 0.3) is 0 Å². The minimum absolute atomic E-state index is 0.678. The van der Waals surface area contributed by atoms with Gasteiger partial charge in [-0.15, -0.1) is 0 Å². The normalized spacial score (nSPS) is 14.0. The Morgan fingerprint density at radius 2 is 1.92 bits per heavy atom. The van der Waals surface area contributed by atoms with E-state index in [9.17, 15) is 0 Å². The second-order valence-electron chi connectivity index (χ2n) is 5.89. The first-order valence-corrected chi connectivity index (χ1v) is 8.27.